The summed E-state index contributed by atoms with van der Waals surface area (Å²) >= 11 is 0. The SMILES string of the molecule is CCCCCCCCCCCCCCCCCCCCCCCCC(=O)O[C@H](COC(=O)CCCCCCCCCCCCCCCCCCCCC)COP(=O)(O)OC[C@@H](O)COP(=O)(O)OC[C@@H](COC(=O)CCCCCCCCCC)OC(=O)CCCCCCCCCCCCCCCC. The Kier molecular flexibility index (Phi) is 76.7. The Morgan fingerprint density at radius 2 is 0.388 bits per heavy atom. The van der Waals surface area contributed by atoms with Gasteiger partial charge in [-0.3, -0.25) is 37.3 Å². The maximum atomic E-state index is 13.1. The summed E-state index contributed by atoms with van der Waals surface area (Å²) in [5.41, 5.74) is 0. The van der Waals surface area contributed by atoms with Crippen molar-refractivity contribution in [2.75, 3.05) is 39.6 Å². The van der Waals surface area contributed by atoms with Crippen molar-refractivity contribution in [1.29, 1.82) is 0 Å². The van der Waals surface area contributed by atoms with E-state index in [0.717, 1.165) is 89.9 Å². The maximum absolute atomic E-state index is 13.1. The van der Waals surface area contributed by atoms with Gasteiger partial charge in [-0.15, -0.1) is 0 Å². The summed E-state index contributed by atoms with van der Waals surface area (Å²) in [5, 5.41) is 10.6. The second-order valence-corrected chi connectivity index (χ2v) is 33.1. The van der Waals surface area contributed by atoms with Crippen molar-refractivity contribution in [2.24, 2.45) is 0 Å². The van der Waals surface area contributed by atoms with Gasteiger partial charge in [0, 0.05) is 25.7 Å². The number of phosphoric acid groups is 2. The number of phosphoric ester groups is 2. The average molecular weight is 1510 g/mol. The highest BCUT2D eigenvalue weighted by atomic mass is 31.2. The fourth-order valence-electron chi connectivity index (χ4n) is 13.2. The summed E-state index contributed by atoms with van der Waals surface area (Å²) < 4.78 is 68.7. The first-order valence-electron chi connectivity index (χ1n) is 43.8. The van der Waals surface area contributed by atoms with Gasteiger partial charge in [-0.2, -0.15) is 0 Å². The molecule has 0 saturated heterocycles. The predicted molar refractivity (Wildman–Crippen MR) is 423 cm³/mol. The van der Waals surface area contributed by atoms with Gasteiger partial charge >= 0.3 is 39.5 Å². The minimum Gasteiger partial charge on any atom is -0.462 e. The number of aliphatic hydroxyl groups excluding tert-OH is 1. The van der Waals surface area contributed by atoms with Crippen LogP contribution in [0.15, 0.2) is 0 Å². The van der Waals surface area contributed by atoms with E-state index < -0.39 is 97.5 Å². The first-order chi connectivity index (χ1) is 50.2. The third kappa shape index (κ3) is 78.0. The molecule has 19 heteroatoms. The van der Waals surface area contributed by atoms with E-state index in [1.807, 2.05) is 0 Å². The summed E-state index contributed by atoms with van der Waals surface area (Å²) in [6.07, 6.45) is 72.4. The van der Waals surface area contributed by atoms with Crippen LogP contribution in [0.25, 0.3) is 0 Å². The number of aliphatic hydroxyl groups is 1. The first-order valence-corrected chi connectivity index (χ1v) is 46.8. The molecule has 0 amide bonds. The van der Waals surface area contributed by atoms with Crippen LogP contribution in [0.2, 0.25) is 0 Å². The van der Waals surface area contributed by atoms with Crippen molar-refractivity contribution in [1.82, 2.24) is 0 Å². The van der Waals surface area contributed by atoms with Crippen LogP contribution < -0.4 is 0 Å². The molecule has 0 saturated carbocycles. The van der Waals surface area contributed by atoms with Gasteiger partial charge in [0.2, 0.25) is 0 Å². The van der Waals surface area contributed by atoms with Crippen molar-refractivity contribution >= 4 is 39.5 Å². The Balaban J connectivity index is 5.17. The zero-order valence-electron chi connectivity index (χ0n) is 67.3. The molecule has 5 atom stereocenters. The summed E-state index contributed by atoms with van der Waals surface area (Å²) in [6, 6.07) is 0. The minimum atomic E-state index is -4.96. The Bertz CT molecular complexity index is 1950. The summed E-state index contributed by atoms with van der Waals surface area (Å²) in [5.74, 6) is -2.10. The van der Waals surface area contributed by atoms with Gasteiger partial charge < -0.3 is 33.8 Å². The van der Waals surface area contributed by atoms with Gasteiger partial charge in [0.15, 0.2) is 12.2 Å². The van der Waals surface area contributed by atoms with E-state index in [-0.39, 0.29) is 25.7 Å². The lowest BCUT2D eigenvalue weighted by molar-refractivity contribution is -0.161. The van der Waals surface area contributed by atoms with E-state index >= 15 is 0 Å². The van der Waals surface area contributed by atoms with Crippen molar-refractivity contribution in [3.63, 3.8) is 0 Å². The molecular weight excluding hydrogens is 1340 g/mol. The Morgan fingerprint density at radius 3 is 0.573 bits per heavy atom. The van der Waals surface area contributed by atoms with Crippen LogP contribution in [0.4, 0.5) is 0 Å². The number of unbranched alkanes of at least 4 members (excludes halogenated alkanes) is 59. The van der Waals surface area contributed by atoms with Gasteiger partial charge in [0.05, 0.1) is 26.4 Å². The molecule has 2 unspecified atom stereocenters. The van der Waals surface area contributed by atoms with Crippen molar-refractivity contribution in [2.45, 2.75) is 476 Å². The minimum absolute atomic E-state index is 0.108. The van der Waals surface area contributed by atoms with Crippen LogP contribution in [0, 0.1) is 0 Å². The highest BCUT2D eigenvalue weighted by Gasteiger charge is 2.30. The Morgan fingerprint density at radius 1 is 0.233 bits per heavy atom. The summed E-state index contributed by atoms with van der Waals surface area (Å²) in [7, 11) is -9.92. The average Bonchev–Trinajstić information content (AvgIpc) is 0.946. The van der Waals surface area contributed by atoms with Gasteiger partial charge in [0.25, 0.3) is 0 Å². The van der Waals surface area contributed by atoms with E-state index in [2.05, 4.69) is 27.7 Å². The van der Waals surface area contributed by atoms with Crippen LogP contribution in [0.3, 0.4) is 0 Å². The normalized spacial score (nSPS) is 13.7. The number of hydrogen-bond acceptors (Lipinski definition) is 15. The van der Waals surface area contributed by atoms with Gasteiger partial charge in [0.1, 0.15) is 19.3 Å². The monoisotopic (exact) mass is 1510 g/mol. The van der Waals surface area contributed by atoms with E-state index in [1.165, 1.54) is 289 Å². The number of esters is 4. The molecule has 0 aromatic rings. The zero-order valence-corrected chi connectivity index (χ0v) is 69.1. The molecule has 0 aromatic heterocycles. The second-order valence-electron chi connectivity index (χ2n) is 30.2. The Labute approximate surface area is 632 Å². The van der Waals surface area contributed by atoms with Gasteiger partial charge in [-0.1, -0.05) is 407 Å². The van der Waals surface area contributed by atoms with Crippen molar-refractivity contribution in [3.05, 3.63) is 0 Å². The topological polar surface area (TPSA) is 237 Å². The smallest absolute Gasteiger partial charge is 0.462 e. The summed E-state index contributed by atoms with van der Waals surface area (Å²) in [4.78, 5) is 73.0. The fraction of sp³-hybridized carbons (Fsp3) is 0.952. The molecular formula is C84H164O17P2. The molecule has 0 rings (SSSR count). The summed E-state index contributed by atoms with van der Waals surface area (Å²) in [6.45, 7) is 5.01. The molecule has 3 N–H and O–H groups in total. The molecule has 0 aliphatic rings. The molecule has 0 radical (unpaired) electrons. The van der Waals surface area contributed by atoms with Crippen LogP contribution >= 0.6 is 15.6 Å². The van der Waals surface area contributed by atoms with Crippen LogP contribution in [-0.2, 0) is 65.4 Å². The van der Waals surface area contributed by atoms with Crippen molar-refractivity contribution < 1.29 is 80.2 Å². The first kappa shape index (κ1) is 101. The van der Waals surface area contributed by atoms with E-state index in [1.54, 1.807) is 0 Å². The standard InChI is InChI=1S/C84H164O17P2/c1-5-9-13-17-21-25-28-31-34-36-38-39-40-42-44-46-49-52-55-59-63-67-71-84(89)101-80(75-95-82(87)69-65-61-57-53-50-48-45-43-41-37-35-32-29-26-22-18-14-10-6-2)77-99-103(92,93)97-73-78(85)72-96-102(90,91)98-76-79(74-94-81(86)68-64-60-56-24-20-16-12-8-4)100-83(88)70-66-62-58-54-51-47-33-30-27-23-19-15-11-7-3/h78-80,85H,5-77H2,1-4H3,(H,90,91)(H,92,93)/t78-,79+,80+/m0/s1. The molecule has 0 heterocycles. The number of hydrogen-bond donors (Lipinski definition) is 3. The maximum Gasteiger partial charge on any atom is 0.472 e. The Hall–Kier alpha value is -1.94. The fourth-order valence-corrected chi connectivity index (χ4v) is 14.7. The molecule has 0 spiro atoms. The van der Waals surface area contributed by atoms with E-state index in [9.17, 15) is 43.2 Å². The molecule has 17 nitrogen and oxygen atoms in total. The highest BCUT2D eigenvalue weighted by molar-refractivity contribution is 7.47. The second kappa shape index (κ2) is 78.2. The predicted octanol–water partition coefficient (Wildman–Crippen LogP) is 25.7. The van der Waals surface area contributed by atoms with Gasteiger partial charge in [-0.05, 0) is 25.7 Å². The number of carbonyl (C=O) groups is 4. The van der Waals surface area contributed by atoms with Crippen molar-refractivity contribution in [3.8, 4) is 0 Å². The molecule has 0 aliphatic heterocycles. The van der Waals surface area contributed by atoms with Crippen LogP contribution in [-0.4, -0.2) is 96.7 Å². The quantitative estimate of drug-likeness (QED) is 0.0222. The molecule has 103 heavy (non-hydrogen) atoms. The molecule has 0 fully saturated rings. The lowest BCUT2D eigenvalue weighted by atomic mass is 10.0. The number of ether oxygens (including phenoxy) is 4. The number of carbonyl (C=O) groups excluding carboxylic acids is 4. The third-order valence-corrected chi connectivity index (χ3v) is 21.8. The molecule has 0 aliphatic carbocycles. The van der Waals surface area contributed by atoms with E-state index in [0.29, 0.717) is 25.7 Å². The molecule has 0 aromatic carbocycles. The third-order valence-electron chi connectivity index (χ3n) is 19.9. The number of rotatable bonds is 85. The largest absolute Gasteiger partial charge is 0.472 e. The zero-order chi connectivity index (χ0) is 75.3. The van der Waals surface area contributed by atoms with E-state index in [4.69, 9.17) is 37.0 Å². The van der Waals surface area contributed by atoms with Crippen LogP contribution in [0.5, 0.6) is 0 Å². The lowest BCUT2D eigenvalue weighted by Crippen LogP contribution is -2.30. The lowest BCUT2D eigenvalue weighted by Gasteiger charge is -2.21. The molecule has 0 bridgehead atoms. The van der Waals surface area contributed by atoms with Gasteiger partial charge in [-0.25, -0.2) is 9.13 Å². The van der Waals surface area contributed by atoms with Crippen LogP contribution in [0.1, 0.15) is 458 Å². The highest BCUT2D eigenvalue weighted by Crippen LogP contribution is 2.45. The molecule has 612 valence electrons.